The molecule has 1 heterocycles. The van der Waals surface area contributed by atoms with Crippen LogP contribution in [0.3, 0.4) is 0 Å². The quantitative estimate of drug-likeness (QED) is 0.376. The van der Waals surface area contributed by atoms with Gasteiger partial charge in [0.25, 0.3) is 5.91 Å². The normalized spacial score (nSPS) is 13.0. The molecule has 0 saturated carbocycles. The SMILES string of the molecule is O=C(NCc1nocc1C(=O)NC(CCO)C(=O)O)OCC1c2ccccc2-c2ccccc21. The first-order chi connectivity index (χ1) is 16.5. The van der Waals surface area contributed by atoms with Crippen LogP contribution in [0.15, 0.2) is 59.3 Å². The third-order valence-electron chi connectivity index (χ3n) is 5.65. The molecule has 4 rings (SSSR count). The highest BCUT2D eigenvalue weighted by atomic mass is 16.5. The number of nitrogens with one attached hydrogen (secondary N) is 2. The van der Waals surface area contributed by atoms with E-state index < -0.39 is 30.6 Å². The summed E-state index contributed by atoms with van der Waals surface area (Å²) in [5, 5.41) is 26.6. The summed E-state index contributed by atoms with van der Waals surface area (Å²) in [4.78, 5) is 35.9. The number of rotatable bonds is 9. The van der Waals surface area contributed by atoms with Gasteiger partial charge in [0, 0.05) is 18.9 Å². The molecule has 34 heavy (non-hydrogen) atoms. The number of nitrogens with zero attached hydrogens (tertiary/aromatic N) is 1. The Morgan fingerprint density at radius 1 is 1.06 bits per heavy atom. The van der Waals surface area contributed by atoms with Crippen LogP contribution in [0.4, 0.5) is 4.79 Å². The summed E-state index contributed by atoms with van der Waals surface area (Å²) in [5.41, 5.74) is 4.49. The highest BCUT2D eigenvalue weighted by Crippen LogP contribution is 2.44. The topological polar surface area (TPSA) is 151 Å². The van der Waals surface area contributed by atoms with Gasteiger partial charge in [-0.05, 0) is 22.3 Å². The summed E-state index contributed by atoms with van der Waals surface area (Å²) < 4.78 is 10.3. The number of carboxylic acids is 1. The van der Waals surface area contributed by atoms with Gasteiger partial charge in [-0.1, -0.05) is 53.7 Å². The van der Waals surface area contributed by atoms with Crippen LogP contribution in [0.2, 0.25) is 0 Å². The molecule has 1 aliphatic carbocycles. The number of aliphatic hydroxyl groups excluding tert-OH is 1. The highest BCUT2D eigenvalue weighted by Gasteiger charge is 2.29. The lowest BCUT2D eigenvalue weighted by atomic mass is 9.98. The zero-order chi connectivity index (χ0) is 24.1. The second-order valence-corrected chi connectivity index (χ2v) is 7.73. The number of hydrogen-bond donors (Lipinski definition) is 4. The lowest BCUT2D eigenvalue weighted by Gasteiger charge is -2.14. The summed E-state index contributed by atoms with van der Waals surface area (Å²) in [6.45, 7) is -0.432. The van der Waals surface area contributed by atoms with E-state index in [-0.39, 0.29) is 36.7 Å². The van der Waals surface area contributed by atoms with Crippen molar-refractivity contribution >= 4 is 18.0 Å². The number of ether oxygens (including phenoxy) is 1. The molecule has 1 unspecified atom stereocenters. The van der Waals surface area contributed by atoms with E-state index in [1.165, 1.54) is 0 Å². The molecule has 1 aromatic heterocycles. The minimum Gasteiger partial charge on any atom is -0.480 e. The van der Waals surface area contributed by atoms with Gasteiger partial charge in [0.2, 0.25) is 0 Å². The van der Waals surface area contributed by atoms with E-state index in [9.17, 15) is 14.4 Å². The van der Waals surface area contributed by atoms with E-state index in [0.29, 0.717) is 0 Å². The Morgan fingerprint density at radius 3 is 2.32 bits per heavy atom. The number of aliphatic carboxylic acids is 1. The molecule has 10 heteroatoms. The number of carbonyl (C=O) groups is 3. The number of aliphatic hydroxyl groups is 1. The number of fused-ring (bicyclic) bond motifs is 3. The molecule has 1 atom stereocenters. The minimum atomic E-state index is -1.28. The second kappa shape index (κ2) is 10.2. The molecule has 10 nitrogen and oxygen atoms in total. The summed E-state index contributed by atoms with van der Waals surface area (Å²) in [5.74, 6) is -2.12. The van der Waals surface area contributed by atoms with Crippen molar-refractivity contribution in [1.29, 1.82) is 0 Å². The monoisotopic (exact) mass is 465 g/mol. The van der Waals surface area contributed by atoms with Crippen molar-refractivity contribution < 1.29 is 33.9 Å². The molecular formula is C24H23N3O7. The lowest BCUT2D eigenvalue weighted by molar-refractivity contribution is -0.139. The zero-order valence-electron chi connectivity index (χ0n) is 18.1. The van der Waals surface area contributed by atoms with Gasteiger partial charge in [0.05, 0.1) is 6.54 Å². The molecule has 0 radical (unpaired) electrons. The van der Waals surface area contributed by atoms with Gasteiger partial charge in [-0.15, -0.1) is 0 Å². The van der Waals surface area contributed by atoms with Crippen LogP contribution in [-0.2, 0) is 16.1 Å². The third kappa shape index (κ3) is 4.76. The molecule has 1 aliphatic rings. The summed E-state index contributed by atoms with van der Waals surface area (Å²) in [7, 11) is 0. The smallest absolute Gasteiger partial charge is 0.407 e. The van der Waals surface area contributed by atoms with E-state index in [4.69, 9.17) is 19.5 Å². The van der Waals surface area contributed by atoms with Gasteiger partial charge in [0.1, 0.15) is 30.2 Å². The van der Waals surface area contributed by atoms with Crippen LogP contribution >= 0.6 is 0 Å². The molecule has 176 valence electrons. The zero-order valence-corrected chi connectivity index (χ0v) is 18.1. The Hall–Kier alpha value is -4.18. The van der Waals surface area contributed by atoms with Crippen molar-refractivity contribution in [2.45, 2.75) is 24.9 Å². The van der Waals surface area contributed by atoms with Crippen molar-refractivity contribution in [1.82, 2.24) is 15.8 Å². The van der Waals surface area contributed by atoms with Crippen LogP contribution < -0.4 is 10.6 Å². The van der Waals surface area contributed by atoms with Gasteiger partial charge in [0.15, 0.2) is 0 Å². The van der Waals surface area contributed by atoms with Gasteiger partial charge >= 0.3 is 12.1 Å². The molecule has 0 bridgehead atoms. The Labute approximate surface area is 194 Å². The Kier molecular flexibility index (Phi) is 6.88. The molecule has 0 saturated heterocycles. The largest absolute Gasteiger partial charge is 0.480 e. The number of carboxylic acid groups (broad SMARTS) is 1. The van der Waals surface area contributed by atoms with Crippen LogP contribution in [-0.4, -0.2) is 52.6 Å². The van der Waals surface area contributed by atoms with Crippen molar-refractivity contribution in [3.05, 3.63) is 77.2 Å². The average molecular weight is 465 g/mol. The first kappa shape index (κ1) is 23.0. The number of carbonyl (C=O) groups excluding carboxylic acids is 2. The van der Waals surface area contributed by atoms with E-state index in [1.54, 1.807) is 0 Å². The fourth-order valence-corrected chi connectivity index (χ4v) is 4.00. The summed E-state index contributed by atoms with van der Waals surface area (Å²) in [6.07, 6.45) is 0.210. The van der Waals surface area contributed by atoms with Crippen LogP contribution in [0.5, 0.6) is 0 Å². The van der Waals surface area contributed by atoms with Crippen molar-refractivity contribution in [2.24, 2.45) is 0 Å². The number of aromatic nitrogens is 1. The average Bonchev–Trinajstić information content (AvgIpc) is 3.44. The van der Waals surface area contributed by atoms with Crippen LogP contribution in [0.25, 0.3) is 11.1 Å². The van der Waals surface area contributed by atoms with Gasteiger partial charge in [-0.2, -0.15) is 0 Å². The van der Waals surface area contributed by atoms with Crippen LogP contribution in [0.1, 0.15) is 39.5 Å². The molecular weight excluding hydrogens is 442 g/mol. The maximum Gasteiger partial charge on any atom is 0.407 e. The van der Waals surface area contributed by atoms with Gasteiger partial charge < -0.3 is 30.1 Å². The Balaban J connectivity index is 1.35. The van der Waals surface area contributed by atoms with E-state index >= 15 is 0 Å². The standard InChI is InChI=1S/C24H23N3O7/c28-10-9-20(23(30)31)26-22(29)19-13-34-27-21(19)11-25-24(32)33-12-18-16-7-3-1-5-14(16)15-6-2-4-8-17(15)18/h1-8,13,18,20,28H,9-12H2,(H,25,32)(H,26,29)(H,30,31). The number of amides is 2. The maximum atomic E-state index is 12.4. The van der Waals surface area contributed by atoms with Crippen molar-refractivity contribution in [2.75, 3.05) is 13.2 Å². The molecule has 0 fully saturated rings. The van der Waals surface area contributed by atoms with E-state index in [2.05, 4.69) is 15.8 Å². The fourth-order valence-electron chi connectivity index (χ4n) is 4.00. The molecule has 2 aromatic carbocycles. The predicted octanol–water partition coefficient (Wildman–Crippen LogP) is 2.28. The van der Waals surface area contributed by atoms with Crippen molar-refractivity contribution in [3.8, 4) is 11.1 Å². The maximum absolute atomic E-state index is 12.4. The summed E-state index contributed by atoms with van der Waals surface area (Å²) in [6, 6.07) is 14.7. The summed E-state index contributed by atoms with van der Waals surface area (Å²) >= 11 is 0. The minimum absolute atomic E-state index is 0.0249. The molecule has 0 spiro atoms. The highest BCUT2D eigenvalue weighted by molar-refractivity contribution is 5.97. The lowest BCUT2D eigenvalue weighted by Crippen LogP contribution is -2.41. The third-order valence-corrected chi connectivity index (χ3v) is 5.65. The number of benzene rings is 2. The molecule has 4 N–H and O–H groups in total. The fraction of sp³-hybridized carbons (Fsp3) is 0.250. The first-order valence-electron chi connectivity index (χ1n) is 10.7. The molecule has 3 aromatic rings. The van der Waals surface area contributed by atoms with E-state index in [0.717, 1.165) is 28.5 Å². The predicted molar refractivity (Wildman–Crippen MR) is 119 cm³/mol. The Bertz CT molecular complexity index is 1160. The van der Waals surface area contributed by atoms with Gasteiger partial charge in [-0.3, -0.25) is 4.79 Å². The molecule has 2 amide bonds. The van der Waals surface area contributed by atoms with Crippen LogP contribution in [0, 0.1) is 0 Å². The first-order valence-corrected chi connectivity index (χ1v) is 10.7. The van der Waals surface area contributed by atoms with Gasteiger partial charge in [-0.25, -0.2) is 9.59 Å². The number of alkyl carbamates (subject to hydrolysis) is 1. The Morgan fingerprint density at radius 2 is 1.71 bits per heavy atom. The number of hydrogen-bond acceptors (Lipinski definition) is 7. The molecule has 0 aliphatic heterocycles. The van der Waals surface area contributed by atoms with Crippen molar-refractivity contribution in [3.63, 3.8) is 0 Å². The van der Waals surface area contributed by atoms with E-state index in [1.807, 2.05) is 48.5 Å². The second-order valence-electron chi connectivity index (χ2n) is 7.73.